The molecule has 3 aromatic rings. The van der Waals surface area contributed by atoms with E-state index in [0.29, 0.717) is 24.7 Å². The SMILES string of the molecule is CCCCN=C(N)Nc1ccc2[nH]c3c(c2c1)C[C@@]1(O)[C@@H]2Cc4ccc(O)c5c4[C@@]1(CCN2CC1CC1)[C@H]3O5. The van der Waals surface area contributed by atoms with Crippen LogP contribution in [0.4, 0.5) is 5.69 Å². The van der Waals surface area contributed by atoms with Crippen molar-refractivity contribution in [3.8, 4) is 11.5 Å². The number of ether oxygens (including phenoxy) is 1. The first-order valence-electron chi connectivity index (χ1n) is 14.6. The quantitative estimate of drug-likeness (QED) is 0.187. The lowest BCUT2D eigenvalue weighted by atomic mass is 9.49. The Morgan fingerprint density at radius 1 is 1.28 bits per heavy atom. The Bertz CT molecular complexity index is 1530. The molecule has 8 heteroatoms. The van der Waals surface area contributed by atoms with Crippen LogP contribution in [-0.4, -0.2) is 57.3 Å². The summed E-state index contributed by atoms with van der Waals surface area (Å²) in [4.78, 5) is 10.7. The number of guanidine groups is 1. The van der Waals surface area contributed by atoms with Crippen LogP contribution in [-0.2, 0) is 18.3 Å². The number of piperidine rings is 1. The highest BCUT2D eigenvalue weighted by Gasteiger charge is 2.72. The molecule has 8 rings (SSSR count). The third kappa shape index (κ3) is 3.16. The third-order valence-corrected chi connectivity index (χ3v) is 10.2. The number of aliphatic imine (C=N–C) groups is 1. The van der Waals surface area contributed by atoms with E-state index in [2.05, 4.69) is 45.3 Å². The number of nitrogens with zero attached hydrogens (tertiary/aromatic N) is 2. The van der Waals surface area contributed by atoms with Gasteiger partial charge in [0.1, 0.15) is 0 Å². The second kappa shape index (κ2) is 8.15. The van der Waals surface area contributed by atoms with Gasteiger partial charge in [0.05, 0.1) is 16.7 Å². The maximum Gasteiger partial charge on any atom is 0.193 e. The normalized spacial score (nSPS) is 30.7. The van der Waals surface area contributed by atoms with Gasteiger partial charge in [-0.1, -0.05) is 19.4 Å². The second-order valence-electron chi connectivity index (χ2n) is 12.4. The Balaban J connectivity index is 1.26. The molecule has 2 bridgehead atoms. The highest BCUT2D eigenvalue weighted by molar-refractivity contribution is 5.96. The van der Waals surface area contributed by atoms with E-state index in [0.717, 1.165) is 78.1 Å². The van der Waals surface area contributed by atoms with E-state index in [4.69, 9.17) is 10.5 Å². The molecule has 3 heterocycles. The van der Waals surface area contributed by atoms with Crippen LogP contribution in [0.25, 0.3) is 10.9 Å². The summed E-state index contributed by atoms with van der Waals surface area (Å²) in [6.45, 7) is 4.85. The molecule has 1 aromatic heterocycles. The van der Waals surface area contributed by atoms with Crippen molar-refractivity contribution in [2.45, 2.75) is 75.0 Å². The summed E-state index contributed by atoms with van der Waals surface area (Å²) in [6, 6.07) is 10.0. The summed E-state index contributed by atoms with van der Waals surface area (Å²) in [7, 11) is 0. The molecule has 5 aliphatic rings. The van der Waals surface area contributed by atoms with Gasteiger partial charge in [-0.2, -0.15) is 0 Å². The standard InChI is InChI=1S/C31H37N5O3/c1-2-3-11-33-29(32)34-19-7-8-22-20(14-19)21-15-31(38)24-13-18-6-9-23(37)27-25(18)30(31,28(39-27)26(21)35-22)10-12-36(24)16-17-4-5-17/h6-9,14,17,24,28,35,37-38H,2-5,10-13,15-16H2,1H3,(H3,32,33,34)/t24-,28-,30-,31+/m0/s1. The number of phenols is 1. The van der Waals surface area contributed by atoms with Gasteiger partial charge in [-0.25, -0.2) is 0 Å². The molecule has 1 spiro atoms. The molecule has 1 saturated heterocycles. The smallest absolute Gasteiger partial charge is 0.193 e. The topological polar surface area (TPSA) is 119 Å². The van der Waals surface area contributed by atoms with Crippen LogP contribution in [0.5, 0.6) is 11.5 Å². The fraction of sp³-hybridized carbons (Fsp3) is 0.516. The molecule has 39 heavy (non-hydrogen) atoms. The first-order chi connectivity index (χ1) is 18.9. The summed E-state index contributed by atoms with van der Waals surface area (Å²) in [5.74, 6) is 1.90. The van der Waals surface area contributed by atoms with Gasteiger partial charge >= 0.3 is 0 Å². The monoisotopic (exact) mass is 527 g/mol. The molecule has 4 atom stereocenters. The van der Waals surface area contributed by atoms with Crippen molar-refractivity contribution in [1.82, 2.24) is 9.88 Å². The summed E-state index contributed by atoms with van der Waals surface area (Å²) in [5.41, 5.74) is 10.9. The molecule has 3 aliphatic carbocycles. The number of hydrogen-bond acceptors (Lipinski definition) is 5. The van der Waals surface area contributed by atoms with Crippen LogP contribution in [0.1, 0.15) is 67.5 Å². The van der Waals surface area contributed by atoms with Crippen LogP contribution in [0.3, 0.4) is 0 Å². The van der Waals surface area contributed by atoms with Gasteiger partial charge in [0.25, 0.3) is 0 Å². The summed E-state index contributed by atoms with van der Waals surface area (Å²) >= 11 is 0. The number of phenolic OH excluding ortho intramolecular Hbond substituents is 1. The number of aromatic nitrogens is 1. The van der Waals surface area contributed by atoms with Gasteiger partial charge in [-0.05, 0) is 80.0 Å². The molecule has 8 nitrogen and oxygen atoms in total. The number of fused-ring (bicyclic) bond motifs is 4. The fourth-order valence-corrected chi connectivity index (χ4v) is 8.24. The van der Waals surface area contributed by atoms with Crippen molar-refractivity contribution in [3.05, 3.63) is 52.7 Å². The maximum atomic E-state index is 13.0. The Morgan fingerprint density at radius 2 is 2.15 bits per heavy atom. The molecule has 2 fully saturated rings. The zero-order valence-electron chi connectivity index (χ0n) is 22.5. The van der Waals surface area contributed by atoms with Gasteiger partial charge < -0.3 is 31.0 Å². The van der Waals surface area contributed by atoms with E-state index in [1.54, 1.807) is 6.07 Å². The number of aromatic hydroxyl groups is 1. The van der Waals surface area contributed by atoms with Crippen molar-refractivity contribution in [3.63, 3.8) is 0 Å². The van der Waals surface area contributed by atoms with Crippen molar-refractivity contribution in [2.75, 3.05) is 25.0 Å². The van der Waals surface area contributed by atoms with Gasteiger partial charge in [0.15, 0.2) is 23.6 Å². The number of hydrogen-bond donors (Lipinski definition) is 5. The molecule has 2 aliphatic heterocycles. The second-order valence-corrected chi connectivity index (χ2v) is 12.4. The number of unbranched alkanes of at least 4 members (excludes halogenated alkanes) is 1. The summed E-state index contributed by atoms with van der Waals surface area (Å²) in [5, 5.41) is 28.2. The van der Waals surface area contributed by atoms with Crippen LogP contribution in [0.15, 0.2) is 35.3 Å². The number of nitrogens with one attached hydrogen (secondary N) is 2. The van der Waals surface area contributed by atoms with E-state index in [1.165, 1.54) is 18.4 Å². The fourth-order valence-electron chi connectivity index (χ4n) is 8.24. The van der Waals surface area contributed by atoms with Crippen molar-refractivity contribution < 1.29 is 14.9 Å². The van der Waals surface area contributed by atoms with Crippen LogP contribution >= 0.6 is 0 Å². The number of benzene rings is 2. The molecule has 2 aromatic carbocycles. The molecular formula is C31H37N5O3. The number of aliphatic hydroxyl groups is 1. The number of likely N-dealkylation sites (tertiary alicyclic amines) is 1. The minimum atomic E-state index is -0.997. The Hall–Kier alpha value is -3.23. The number of rotatable bonds is 6. The predicted octanol–water partition coefficient (Wildman–Crippen LogP) is 4.10. The van der Waals surface area contributed by atoms with Crippen molar-refractivity contribution in [2.24, 2.45) is 16.6 Å². The first kappa shape index (κ1) is 23.6. The summed E-state index contributed by atoms with van der Waals surface area (Å²) < 4.78 is 6.69. The lowest BCUT2D eigenvalue weighted by molar-refractivity contribution is -0.173. The predicted molar refractivity (Wildman–Crippen MR) is 152 cm³/mol. The average Bonchev–Trinajstić information content (AvgIpc) is 3.56. The van der Waals surface area contributed by atoms with Gasteiger partial charge in [-0.3, -0.25) is 9.89 Å². The zero-order valence-corrected chi connectivity index (χ0v) is 22.5. The largest absolute Gasteiger partial charge is 0.504 e. The zero-order chi connectivity index (χ0) is 26.5. The van der Waals surface area contributed by atoms with Gasteiger partial charge in [0, 0.05) is 47.7 Å². The molecule has 0 amide bonds. The molecule has 6 N–H and O–H groups in total. The molecule has 0 radical (unpaired) electrons. The number of aromatic amines is 1. The summed E-state index contributed by atoms with van der Waals surface area (Å²) in [6.07, 6.45) is 6.43. The van der Waals surface area contributed by atoms with Crippen molar-refractivity contribution in [1.29, 1.82) is 0 Å². The van der Waals surface area contributed by atoms with E-state index in [9.17, 15) is 10.2 Å². The van der Waals surface area contributed by atoms with E-state index >= 15 is 0 Å². The van der Waals surface area contributed by atoms with E-state index in [-0.39, 0.29) is 17.9 Å². The number of H-pyrrole nitrogens is 1. The Labute approximate surface area is 228 Å². The highest BCUT2D eigenvalue weighted by Crippen LogP contribution is 2.69. The lowest BCUT2D eigenvalue weighted by Gasteiger charge is -2.62. The van der Waals surface area contributed by atoms with Gasteiger partial charge in [-0.15, -0.1) is 0 Å². The molecule has 0 unspecified atom stereocenters. The lowest BCUT2D eigenvalue weighted by Crippen LogP contribution is -2.74. The number of anilines is 1. The molecule has 1 saturated carbocycles. The average molecular weight is 528 g/mol. The molecule has 204 valence electrons. The first-order valence-corrected chi connectivity index (χ1v) is 14.6. The minimum absolute atomic E-state index is 0.0155. The van der Waals surface area contributed by atoms with E-state index in [1.807, 2.05) is 6.07 Å². The third-order valence-electron chi connectivity index (χ3n) is 10.2. The highest BCUT2D eigenvalue weighted by atomic mass is 16.5. The maximum absolute atomic E-state index is 13.0. The molecular weight excluding hydrogens is 490 g/mol. The Morgan fingerprint density at radius 3 is 2.97 bits per heavy atom. The Kier molecular flexibility index (Phi) is 4.94. The van der Waals surface area contributed by atoms with Crippen LogP contribution in [0.2, 0.25) is 0 Å². The van der Waals surface area contributed by atoms with Crippen LogP contribution < -0.4 is 15.8 Å². The van der Waals surface area contributed by atoms with Crippen molar-refractivity contribution >= 4 is 22.5 Å². The van der Waals surface area contributed by atoms with Crippen LogP contribution in [0, 0.1) is 5.92 Å². The van der Waals surface area contributed by atoms with Gasteiger partial charge in [0.2, 0.25) is 0 Å². The number of nitrogens with two attached hydrogens (primary N) is 1. The van der Waals surface area contributed by atoms with E-state index < -0.39 is 11.0 Å². The minimum Gasteiger partial charge on any atom is -0.504 e.